The first-order chi connectivity index (χ1) is 12.8. The highest BCUT2D eigenvalue weighted by Crippen LogP contribution is 2.20. The Kier molecular flexibility index (Phi) is 10.7. The summed E-state index contributed by atoms with van der Waals surface area (Å²) in [6, 6.07) is 0.414. The molecule has 8 nitrogen and oxygen atoms in total. The van der Waals surface area contributed by atoms with Crippen LogP contribution in [0.5, 0.6) is 0 Å². The van der Waals surface area contributed by atoms with Gasteiger partial charge in [0.15, 0.2) is 5.96 Å². The number of hydrogen-bond donors (Lipinski definition) is 3. The van der Waals surface area contributed by atoms with E-state index in [4.69, 9.17) is 4.74 Å². The number of nitrogens with one attached hydrogen (secondary N) is 2. The quantitative estimate of drug-likeness (QED) is 0.278. The summed E-state index contributed by atoms with van der Waals surface area (Å²) in [5.74, 6) is 1.25. The molecule has 2 unspecified atom stereocenters. The minimum Gasteiger partial charge on any atom is -0.383 e. The second-order valence-electron chi connectivity index (χ2n) is 7.71. The average molecular weight is 508 g/mol. The van der Waals surface area contributed by atoms with Crippen LogP contribution in [0.1, 0.15) is 33.3 Å². The highest BCUT2D eigenvalue weighted by molar-refractivity contribution is 14.0. The zero-order chi connectivity index (χ0) is 19.9. The minimum absolute atomic E-state index is 0. The third kappa shape index (κ3) is 7.49. The highest BCUT2D eigenvalue weighted by Gasteiger charge is 2.26. The summed E-state index contributed by atoms with van der Waals surface area (Å²) < 4.78 is 7.17. The standard InChI is InChI=1S/C19H36N6O2.HI/c1-6-20-18(22-14-19(4,26)16-11-23-24(5)13-16)21-12-17(15(2)3)25-7-9-27-10-8-25;/h11,13,15,17,26H,6-10,12,14H2,1-5H3,(H2,20,21,22);1H. The van der Waals surface area contributed by atoms with E-state index in [1.807, 2.05) is 20.2 Å². The second kappa shape index (κ2) is 11.9. The van der Waals surface area contributed by atoms with E-state index in [1.54, 1.807) is 17.8 Å². The van der Waals surface area contributed by atoms with Crippen molar-refractivity contribution in [3.05, 3.63) is 18.0 Å². The van der Waals surface area contributed by atoms with Gasteiger partial charge in [0, 0.05) is 51.0 Å². The molecule has 1 aliphatic rings. The number of hydrogen-bond acceptors (Lipinski definition) is 5. The number of guanidine groups is 1. The lowest BCUT2D eigenvalue weighted by Gasteiger charge is -2.37. The Hall–Kier alpha value is -0.910. The van der Waals surface area contributed by atoms with Crippen molar-refractivity contribution in [1.82, 2.24) is 25.3 Å². The van der Waals surface area contributed by atoms with Gasteiger partial charge in [0.05, 0.1) is 26.0 Å². The van der Waals surface area contributed by atoms with E-state index in [0.29, 0.717) is 12.0 Å². The first-order valence-electron chi connectivity index (χ1n) is 9.89. The minimum atomic E-state index is -1.06. The van der Waals surface area contributed by atoms with Crippen LogP contribution in [0.3, 0.4) is 0 Å². The maximum absolute atomic E-state index is 10.7. The van der Waals surface area contributed by atoms with Crippen LogP contribution in [0.15, 0.2) is 17.4 Å². The van der Waals surface area contributed by atoms with E-state index in [1.165, 1.54) is 0 Å². The maximum Gasteiger partial charge on any atom is 0.191 e. The molecule has 2 rings (SSSR count). The van der Waals surface area contributed by atoms with Gasteiger partial charge in [-0.15, -0.1) is 24.0 Å². The summed E-state index contributed by atoms with van der Waals surface area (Å²) >= 11 is 0. The third-order valence-corrected chi connectivity index (χ3v) is 4.98. The number of aliphatic imine (C=N–C) groups is 1. The maximum atomic E-state index is 10.7. The van der Waals surface area contributed by atoms with E-state index in [-0.39, 0.29) is 30.5 Å². The first-order valence-corrected chi connectivity index (χ1v) is 9.89. The van der Waals surface area contributed by atoms with Gasteiger partial charge in [-0.05, 0) is 19.8 Å². The van der Waals surface area contributed by atoms with Crippen LogP contribution in [0.2, 0.25) is 0 Å². The Morgan fingerprint density at radius 2 is 2.04 bits per heavy atom. The SMILES string of the molecule is CCNC(=NCC(C)(O)c1cnn(C)c1)NCC(C(C)C)N1CCOCC1.I. The molecule has 1 aromatic heterocycles. The number of halogens is 1. The molecular formula is C19H37IN6O2. The van der Waals surface area contributed by atoms with Crippen LogP contribution in [-0.4, -0.2) is 77.7 Å². The molecule has 0 saturated carbocycles. The van der Waals surface area contributed by atoms with Crippen LogP contribution < -0.4 is 10.6 Å². The molecule has 2 heterocycles. The average Bonchev–Trinajstić information content (AvgIpc) is 3.08. The number of aliphatic hydroxyl groups is 1. The van der Waals surface area contributed by atoms with Crippen molar-refractivity contribution in [3.63, 3.8) is 0 Å². The summed E-state index contributed by atoms with van der Waals surface area (Å²) in [4.78, 5) is 7.09. The summed E-state index contributed by atoms with van der Waals surface area (Å²) in [7, 11) is 1.84. The normalized spacial score (nSPS) is 19.0. The van der Waals surface area contributed by atoms with E-state index in [0.717, 1.165) is 50.9 Å². The van der Waals surface area contributed by atoms with Gasteiger partial charge in [0.2, 0.25) is 0 Å². The summed E-state index contributed by atoms with van der Waals surface area (Å²) in [6.07, 6.45) is 3.51. The fourth-order valence-electron chi connectivity index (χ4n) is 3.26. The molecule has 0 spiro atoms. The van der Waals surface area contributed by atoms with E-state index >= 15 is 0 Å². The Morgan fingerprint density at radius 1 is 1.36 bits per heavy atom. The van der Waals surface area contributed by atoms with Crippen LogP contribution in [0.4, 0.5) is 0 Å². The van der Waals surface area contributed by atoms with Crippen molar-refractivity contribution in [2.75, 3.05) is 45.9 Å². The van der Waals surface area contributed by atoms with Gasteiger partial charge >= 0.3 is 0 Å². The van der Waals surface area contributed by atoms with Crippen molar-refractivity contribution in [3.8, 4) is 0 Å². The van der Waals surface area contributed by atoms with Crippen LogP contribution in [-0.2, 0) is 17.4 Å². The fraction of sp³-hybridized carbons (Fsp3) is 0.789. The predicted octanol–water partition coefficient (Wildman–Crippen LogP) is 1.16. The summed E-state index contributed by atoms with van der Waals surface area (Å²) in [6.45, 7) is 13.7. The second-order valence-corrected chi connectivity index (χ2v) is 7.71. The largest absolute Gasteiger partial charge is 0.383 e. The summed E-state index contributed by atoms with van der Waals surface area (Å²) in [5.41, 5.74) is -0.295. The van der Waals surface area contributed by atoms with Crippen LogP contribution in [0, 0.1) is 5.92 Å². The lowest BCUT2D eigenvalue weighted by molar-refractivity contribution is 0.00750. The lowest BCUT2D eigenvalue weighted by Crippen LogP contribution is -2.52. The smallest absolute Gasteiger partial charge is 0.191 e. The monoisotopic (exact) mass is 508 g/mol. The molecule has 0 amide bonds. The molecule has 1 aliphatic heterocycles. The van der Waals surface area contributed by atoms with Crippen molar-refractivity contribution in [2.24, 2.45) is 18.0 Å². The number of aromatic nitrogens is 2. The number of morpholine rings is 1. The molecule has 3 N–H and O–H groups in total. The number of ether oxygens (including phenoxy) is 1. The molecule has 162 valence electrons. The molecule has 0 aliphatic carbocycles. The van der Waals surface area contributed by atoms with Gasteiger partial charge in [-0.1, -0.05) is 13.8 Å². The van der Waals surface area contributed by atoms with E-state index in [9.17, 15) is 5.11 Å². The Bertz CT molecular complexity index is 599. The molecule has 0 bridgehead atoms. The van der Waals surface area contributed by atoms with Gasteiger partial charge < -0.3 is 20.5 Å². The van der Waals surface area contributed by atoms with Crippen molar-refractivity contribution in [2.45, 2.75) is 39.3 Å². The lowest BCUT2D eigenvalue weighted by atomic mass is 10.0. The molecule has 28 heavy (non-hydrogen) atoms. The Balaban J connectivity index is 0.00000392. The van der Waals surface area contributed by atoms with Gasteiger partial charge in [-0.3, -0.25) is 9.58 Å². The van der Waals surface area contributed by atoms with Crippen LogP contribution >= 0.6 is 24.0 Å². The van der Waals surface area contributed by atoms with E-state index in [2.05, 4.69) is 39.5 Å². The highest BCUT2D eigenvalue weighted by atomic mass is 127. The number of rotatable bonds is 8. The molecule has 1 fully saturated rings. The van der Waals surface area contributed by atoms with Gasteiger partial charge in [-0.25, -0.2) is 4.99 Å². The van der Waals surface area contributed by atoms with Crippen molar-refractivity contribution >= 4 is 29.9 Å². The Morgan fingerprint density at radius 3 is 2.57 bits per heavy atom. The fourth-order valence-corrected chi connectivity index (χ4v) is 3.26. The van der Waals surface area contributed by atoms with Gasteiger partial charge in [0.25, 0.3) is 0 Å². The van der Waals surface area contributed by atoms with Gasteiger partial charge in [0.1, 0.15) is 5.60 Å². The molecule has 0 aromatic carbocycles. The van der Waals surface area contributed by atoms with Crippen molar-refractivity contribution in [1.29, 1.82) is 0 Å². The molecule has 2 atom stereocenters. The summed E-state index contributed by atoms with van der Waals surface area (Å²) in [5, 5.41) is 21.6. The van der Waals surface area contributed by atoms with E-state index < -0.39 is 5.60 Å². The van der Waals surface area contributed by atoms with Crippen LogP contribution in [0.25, 0.3) is 0 Å². The number of aryl methyl sites for hydroxylation is 1. The zero-order valence-electron chi connectivity index (χ0n) is 17.8. The third-order valence-electron chi connectivity index (χ3n) is 4.98. The predicted molar refractivity (Wildman–Crippen MR) is 123 cm³/mol. The zero-order valence-corrected chi connectivity index (χ0v) is 20.1. The first kappa shape index (κ1) is 25.1. The van der Waals surface area contributed by atoms with Gasteiger partial charge in [-0.2, -0.15) is 5.10 Å². The molecule has 0 radical (unpaired) electrons. The molecular weight excluding hydrogens is 471 g/mol. The van der Waals surface area contributed by atoms with Crippen molar-refractivity contribution < 1.29 is 9.84 Å². The molecule has 1 aromatic rings. The topological polar surface area (TPSA) is 86.9 Å². The number of nitrogens with zero attached hydrogens (tertiary/aromatic N) is 4. The molecule has 9 heteroatoms. The molecule has 1 saturated heterocycles. The Labute approximate surface area is 186 Å².